The lowest BCUT2D eigenvalue weighted by atomic mass is 10.1. The highest BCUT2D eigenvalue weighted by Gasteiger charge is 2.04. The van der Waals surface area contributed by atoms with Crippen LogP contribution in [0.3, 0.4) is 0 Å². The van der Waals surface area contributed by atoms with Gasteiger partial charge in [0.05, 0.1) is 0 Å². The van der Waals surface area contributed by atoms with Crippen LogP contribution in [-0.4, -0.2) is 18.5 Å². The molecule has 1 amide bonds. The first-order valence-electron chi connectivity index (χ1n) is 5.49. The summed E-state index contributed by atoms with van der Waals surface area (Å²) in [6.45, 7) is 8.37. The van der Waals surface area contributed by atoms with Gasteiger partial charge in [-0.15, -0.1) is 0 Å². The molecule has 1 radical (unpaired) electrons. The molecule has 1 aromatic rings. The van der Waals surface area contributed by atoms with Crippen molar-refractivity contribution in [1.29, 1.82) is 0 Å². The molecule has 0 saturated carbocycles. The summed E-state index contributed by atoms with van der Waals surface area (Å²) in [6.07, 6.45) is 0. The van der Waals surface area contributed by atoms with Crippen LogP contribution in [0.4, 0.5) is 5.69 Å². The number of anilines is 1. The van der Waals surface area contributed by atoms with Crippen LogP contribution in [0.1, 0.15) is 25.0 Å². The smallest absolute Gasteiger partial charge is 0.217 e. The van der Waals surface area contributed by atoms with Crippen LogP contribution in [0, 0.1) is 19.9 Å². The van der Waals surface area contributed by atoms with Gasteiger partial charge in [-0.25, -0.2) is 0 Å². The third kappa shape index (κ3) is 3.57. The predicted octanol–water partition coefficient (Wildman–Crippen LogP) is 2.04. The van der Waals surface area contributed by atoms with E-state index in [0.29, 0.717) is 0 Å². The summed E-state index contributed by atoms with van der Waals surface area (Å²) >= 11 is 0. The molecule has 1 aromatic carbocycles. The Bertz CT molecular complexity index is 374. The zero-order valence-corrected chi connectivity index (χ0v) is 10.3. The van der Waals surface area contributed by atoms with Gasteiger partial charge in [0, 0.05) is 25.2 Å². The second-order valence-electron chi connectivity index (χ2n) is 4.16. The monoisotopic (exact) mass is 219 g/mol. The molecule has 0 spiro atoms. The topological polar surface area (TPSA) is 41.1 Å². The molecule has 1 unspecified atom stereocenters. The van der Waals surface area contributed by atoms with E-state index in [1.54, 1.807) is 0 Å². The van der Waals surface area contributed by atoms with Gasteiger partial charge in [-0.1, -0.05) is 6.07 Å². The van der Waals surface area contributed by atoms with E-state index < -0.39 is 0 Å². The van der Waals surface area contributed by atoms with Crippen molar-refractivity contribution in [2.24, 2.45) is 0 Å². The summed E-state index contributed by atoms with van der Waals surface area (Å²) in [7, 11) is 0. The van der Waals surface area contributed by atoms with Gasteiger partial charge in [0.2, 0.25) is 5.91 Å². The molecule has 0 aromatic heterocycles. The van der Waals surface area contributed by atoms with E-state index >= 15 is 0 Å². The van der Waals surface area contributed by atoms with Gasteiger partial charge in [-0.2, -0.15) is 0 Å². The molecule has 0 heterocycles. The Morgan fingerprint density at radius 2 is 2.12 bits per heavy atom. The predicted molar refractivity (Wildman–Crippen MR) is 66.5 cm³/mol. The Morgan fingerprint density at radius 3 is 2.75 bits per heavy atom. The quantitative estimate of drug-likeness (QED) is 0.813. The SMILES string of the molecule is CC(=O)NC(C)CNc1c[c]cc(C)c1C. The summed E-state index contributed by atoms with van der Waals surface area (Å²) < 4.78 is 0. The van der Waals surface area contributed by atoms with Crippen LogP contribution < -0.4 is 10.6 Å². The molecule has 3 nitrogen and oxygen atoms in total. The number of carbonyl (C=O) groups excluding carboxylic acids is 1. The van der Waals surface area contributed by atoms with Crippen molar-refractivity contribution in [2.45, 2.75) is 33.7 Å². The maximum Gasteiger partial charge on any atom is 0.217 e. The summed E-state index contributed by atoms with van der Waals surface area (Å²) in [4.78, 5) is 10.8. The van der Waals surface area contributed by atoms with Crippen LogP contribution in [0.15, 0.2) is 12.1 Å². The van der Waals surface area contributed by atoms with Crippen LogP contribution in [-0.2, 0) is 4.79 Å². The van der Waals surface area contributed by atoms with Crippen LogP contribution in [0.2, 0.25) is 0 Å². The first-order chi connectivity index (χ1) is 7.50. The van der Waals surface area contributed by atoms with Gasteiger partial charge in [0.1, 0.15) is 0 Å². The van der Waals surface area contributed by atoms with E-state index in [2.05, 4.69) is 30.5 Å². The van der Waals surface area contributed by atoms with Gasteiger partial charge >= 0.3 is 0 Å². The van der Waals surface area contributed by atoms with Gasteiger partial charge in [0.15, 0.2) is 0 Å². The molecular formula is C13H19N2O. The number of hydrogen-bond acceptors (Lipinski definition) is 2. The van der Waals surface area contributed by atoms with Crippen molar-refractivity contribution in [3.8, 4) is 0 Å². The van der Waals surface area contributed by atoms with Crippen LogP contribution in [0.5, 0.6) is 0 Å². The zero-order chi connectivity index (χ0) is 12.1. The first kappa shape index (κ1) is 12.6. The van der Waals surface area contributed by atoms with E-state index in [0.717, 1.165) is 12.2 Å². The third-order valence-corrected chi connectivity index (χ3v) is 2.57. The van der Waals surface area contributed by atoms with Gasteiger partial charge in [-0.3, -0.25) is 4.79 Å². The lowest BCUT2D eigenvalue weighted by molar-refractivity contribution is -0.119. The fourth-order valence-electron chi connectivity index (χ4n) is 1.52. The Hall–Kier alpha value is -1.51. The maximum atomic E-state index is 10.8. The molecule has 0 aliphatic carbocycles. The molecule has 1 atom stereocenters. The first-order valence-corrected chi connectivity index (χ1v) is 5.49. The van der Waals surface area contributed by atoms with E-state index in [1.807, 2.05) is 19.1 Å². The van der Waals surface area contributed by atoms with E-state index in [-0.39, 0.29) is 11.9 Å². The molecule has 0 aliphatic heterocycles. The molecule has 2 N–H and O–H groups in total. The fourth-order valence-corrected chi connectivity index (χ4v) is 1.52. The largest absolute Gasteiger partial charge is 0.383 e. The Kier molecular flexibility index (Phi) is 4.35. The van der Waals surface area contributed by atoms with Gasteiger partial charge < -0.3 is 10.6 Å². The molecule has 16 heavy (non-hydrogen) atoms. The highest BCUT2D eigenvalue weighted by Crippen LogP contribution is 2.17. The van der Waals surface area contributed by atoms with E-state index in [4.69, 9.17) is 0 Å². The number of rotatable bonds is 4. The molecule has 3 heteroatoms. The highest BCUT2D eigenvalue weighted by molar-refractivity contribution is 5.73. The number of aryl methyl sites for hydroxylation is 1. The lowest BCUT2D eigenvalue weighted by Crippen LogP contribution is -2.35. The van der Waals surface area contributed by atoms with Crippen molar-refractivity contribution in [3.05, 3.63) is 29.3 Å². The Balaban J connectivity index is 2.54. The van der Waals surface area contributed by atoms with Crippen molar-refractivity contribution in [1.82, 2.24) is 5.32 Å². The number of benzene rings is 1. The molecule has 0 aliphatic rings. The van der Waals surface area contributed by atoms with Crippen molar-refractivity contribution in [3.63, 3.8) is 0 Å². The molecular weight excluding hydrogens is 200 g/mol. The minimum Gasteiger partial charge on any atom is -0.383 e. The minimum absolute atomic E-state index is 0.00169. The number of nitrogens with one attached hydrogen (secondary N) is 2. The maximum absolute atomic E-state index is 10.8. The lowest BCUT2D eigenvalue weighted by Gasteiger charge is -2.16. The number of amides is 1. The zero-order valence-electron chi connectivity index (χ0n) is 10.3. The molecule has 0 fully saturated rings. The third-order valence-electron chi connectivity index (χ3n) is 2.57. The average Bonchev–Trinajstić information content (AvgIpc) is 2.19. The highest BCUT2D eigenvalue weighted by atomic mass is 16.1. The molecule has 87 valence electrons. The number of carbonyl (C=O) groups is 1. The Morgan fingerprint density at radius 1 is 1.44 bits per heavy atom. The Labute approximate surface area is 97.2 Å². The molecule has 0 saturated heterocycles. The number of hydrogen-bond donors (Lipinski definition) is 2. The standard InChI is InChI=1S/C13H19N2O/c1-9-6-5-7-13(11(9)3)14-8-10(2)15-12(4)16/h6-7,10,14H,8H2,1-4H3,(H,15,16). The van der Waals surface area contributed by atoms with Crippen LogP contribution >= 0.6 is 0 Å². The molecule has 1 rings (SSSR count). The summed E-state index contributed by atoms with van der Waals surface area (Å²) in [5.74, 6) is 0.00169. The molecule has 0 bridgehead atoms. The normalized spacial score (nSPS) is 12.0. The van der Waals surface area contributed by atoms with Crippen molar-refractivity contribution in [2.75, 3.05) is 11.9 Å². The minimum atomic E-state index is 0.00169. The fraction of sp³-hybridized carbons (Fsp3) is 0.462. The van der Waals surface area contributed by atoms with Crippen LogP contribution in [0.25, 0.3) is 0 Å². The summed E-state index contributed by atoms with van der Waals surface area (Å²) in [6, 6.07) is 7.11. The van der Waals surface area contributed by atoms with Crippen molar-refractivity contribution < 1.29 is 4.79 Å². The second-order valence-corrected chi connectivity index (χ2v) is 4.16. The second kappa shape index (κ2) is 5.54. The van der Waals surface area contributed by atoms with E-state index in [1.165, 1.54) is 18.1 Å². The average molecular weight is 219 g/mol. The van der Waals surface area contributed by atoms with E-state index in [9.17, 15) is 4.79 Å². The summed E-state index contributed by atoms with van der Waals surface area (Å²) in [5.41, 5.74) is 3.53. The van der Waals surface area contributed by atoms with Gasteiger partial charge in [-0.05, 0) is 44.0 Å². The van der Waals surface area contributed by atoms with Gasteiger partial charge in [0.25, 0.3) is 0 Å². The van der Waals surface area contributed by atoms with Crippen molar-refractivity contribution >= 4 is 11.6 Å². The summed E-state index contributed by atoms with van der Waals surface area (Å²) in [5, 5.41) is 6.15.